The number of hydrogen-bond acceptors (Lipinski definition) is 4. The molecule has 0 aliphatic rings. The highest BCUT2D eigenvalue weighted by atomic mass is 79.9. The second-order valence-corrected chi connectivity index (χ2v) is 7.59. The molecule has 0 fully saturated rings. The number of carbonyl (C=O) groups excluding carboxylic acids is 3. The van der Waals surface area contributed by atoms with Gasteiger partial charge in [-0.1, -0.05) is 20.8 Å². The van der Waals surface area contributed by atoms with Crippen molar-refractivity contribution in [2.24, 2.45) is 5.92 Å². The molecule has 8 heteroatoms. The first kappa shape index (κ1) is 22.4. The first-order valence-electron chi connectivity index (χ1n) is 9.23. The molecule has 0 aromatic heterocycles. The molecular weight excluding hydrogens is 438 g/mol. The Morgan fingerprint density at radius 1 is 0.966 bits per heavy atom. The summed E-state index contributed by atoms with van der Waals surface area (Å²) in [5.74, 6) is -0.00295. The van der Waals surface area contributed by atoms with E-state index in [4.69, 9.17) is 4.74 Å². The third kappa shape index (κ3) is 6.90. The summed E-state index contributed by atoms with van der Waals surface area (Å²) >= 11 is 3.39. The van der Waals surface area contributed by atoms with E-state index in [1.165, 1.54) is 0 Å². The average molecular weight is 462 g/mol. The summed E-state index contributed by atoms with van der Waals surface area (Å²) in [6.45, 7) is 6.42. The number of hydrogen-bond donors (Lipinski definition) is 3. The van der Waals surface area contributed by atoms with Gasteiger partial charge in [-0.25, -0.2) is 0 Å². The van der Waals surface area contributed by atoms with E-state index < -0.39 is 11.8 Å². The molecule has 0 heterocycles. The Hall–Kier alpha value is -2.87. The number of anilines is 1. The molecule has 2 rings (SSSR count). The third-order valence-electron chi connectivity index (χ3n) is 3.81. The van der Waals surface area contributed by atoms with Crippen LogP contribution in [0.3, 0.4) is 0 Å². The molecule has 0 atom stereocenters. The molecule has 3 amide bonds. The summed E-state index contributed by atoms with van der Waals surface area (Å²) in [6, 6.07) is 11.3. The maximum atomic E-state index is 12.3. The number of nitrogens with one attached hydrogen (secondary N) is 3. The molecule has 2 aromatic rings. The summed E-state index contributed by atoms with van der Waals surface area (Å²) in [6.07, 6.45) is 0.370. The Bertz CT molecular complexity index is 882. The number of rotatable bonds is 7. The zero-order valence-electron chi connectivity index (χ0n) is 16.5. The molecule has 0 bridgehead atoms. The van der Waals surface area contributed by atoms with Crippen LogP contribution in [0.1, 0.15) is 47.9 Å². The van der Waals surface area contributed by atoms with Crippen molar-refractivity contribution in [3.8, 4) is 5.75 Å². The molecule has 3 N–H and O–H groups in total. The standard InChI is InChI=1S/C21H24BrN3O4/c1-4-19(26)23-16-8-5-14(6-9-16)20(27)24-25-21(28)15-7-10-18(17(22)11-15)29-12-13(2)3/h5-11,13H,4,12H2,1-3H3,(H,23,26)(H,24,27)(H,25,28). The van der Waals surface area contributed by atoms with Crippen molar-refractivity contribution < 1.29 is 19.1 Å². The normalized spacial score (nSPS) is 10.4. The van der Waals surface area contributed by atoms with Gasteiger partial charge in [0.2, 0.25) is 5.91 Å². The fraction of sp³-hybridized carbons (Fsp3) is 0.286. The minimum atomic E-state index is -0.470. The minimum Gasteiger partial charge on any atom is -0.492 e. The largest absolute Gasteiger partial charge is 0.492 e. The van der Waals surface area contributed by atoms with Gasteiger partial charge in [0, 0.05) is 23.2 Å². The van der Waals surface area contributed by atoms with Crippen molar-refractivity contribution in [1.29, 1.82) is 0 Å². The second-order valence-electron chi connectivity index (χ2n) is 6.74. The first-order valence-corrected chi connectivity index (χ1v) is 10.0. The topological polar surface area (TPSA) is 96.5 Å². The molecule has 0 saturated heterocycles. The molecule has 154 valence electrons. The van der Waals surface area contributed by atoms with Crippen LogP contribution in [0.2, 0.25) is 0 Å². The van der Waals surface area contributed by atoms with E-state index in [2.05, 4.69) is 32.1 Å². The lowest BCUT2D eigenvalue weighted by atomic mass is 10.2. The molecule has 0 aliphatic carbocycles. The summed E-state index contributed by atoms with van der Waals surface area (Å²) in [5, 5.41) is 2.70. The Kier molecular flexibility index (Phi) is 8.21. The summed E-state index contributed by atoms with van der Waals surface area (Å²) < 4.78 is 6.31. The van der Waals surface area contributed by atoms with E-state index in [0.29, 0.717) is 46.0 Å². The summed E-state index contributed by atoms with van der Waals surface area (Å²) in [4.78, 5) is 35.9. The Balaban J connectivity index is 1.92. The zero-order chi connectivity index (χ0) is 21.4. The average Bonchev–Trinajstić information content (AvgIpc) is 2.71. The van der Waals surface area contributed by atoms with E-state index in [1.807, 2.05) is 13.8 Å². The quantitative estimate of drug-likeness (QED) is 0.544. The third-order valence-corrected chi connectivity index (χ3v) is 4.43. The minimum absolute atomic E-state index is 0.110. The predicted molar refractivity (Wildman–Crippen MR) is 115 cm³/mol. The van der Waals surface area contributed by atoms with Crippen molar-refractivity contribution in [2.45, 2.75) is 27.2 Å². The Morgan fingerprint density at radius 3 is 2.10 bits per heavy atom. The highest BCUT2D eigenvalue weighted by Gasteiger charge is 2.12. The van der Waals surface area contributed by atoms with Crippen LogP contribution in [0.4, 0.5) is 5.69 Å². The number of ether oxygens (including phenoxy) is 1. The highest BCUT2D eigenvalue weighted by Crippen LogP contribution is 2.26. The molecular formula is C21H24BrN3O4. The van der Waals surface area contributed by atoms with Crippen LogP contribution >= 0.6 is 15.9 Å². The van der Waals surface area contributed by atoms with Crippen LogP contribution in [-0.4, -0.2) is 24.3 Å². The van der Waals surface area contributed by atoms with Gasteiger partial charge in [0.1, 0.15) is 5.75 Å². The van der Waals surface area contributed by atoms with Gasteiger partial charge >= 0.3 is 0 Å². The van der Waals surface area contributed by atoms with Crippen LogP contribution < -0.4 is 20.9 Å². The second kappa shape index (κ2) is 10.6. The Labute approximate surface area is 178 Å². The van der Waals surface area contributed by atoms with Gasteiger partial charge in [-0.15, -0.1) is 0 Å². The highest BCUT2D eigenvalue weighted by molar-refractivity contribution is 9.10. The van der Waals surface area contributed by atoms with Crippen molar-refractivity contribution in [2.75, 3.05) is 11.9 Å². The van der Waals surface area contributed by atoms with Gasteiger partial charge in [0.25, 0.3) is 11.8 Å². The van der Waals surface area contributed by atoms with Gasteiger partial charge in [-0.2, -0.15) is 0 Å². The maximum Gasteiger partial charge on any atom is 0.269 e. The van der Waals surface area contributed by atoms with Crippen LogP contribution in [0.15, 0.2) is 46.9 Å². The van der Waals surface area contributed by atoms with E-state index in [9.17, 15) is 14.4 Å². The maximum absolute atomic E-state index is 12.3. The number of hydrazine groups is 1. The number of benzene rings is 2. The monoisotopic (exact) mass is 461 g/mol. The van der Waals surface area contributed by atoms with Crippen molar-refractivity contribution in [3.63, 3.8) is 0 Å². The molecule has 2 aromatic carbocycles. The van der Waals surface area contributed by atoms with Crippen molar-refractivity contribution in [3.05, 3.63) is 58.1 Å². The molecule has 0 aliphatic heterocycles. The Morgan fingerprint density at radius 2 is 1.55 bits per heavy atom. The molecule has 0 unspecified atom stereocenters. The van der Waals surface area contributed by atoms with Crippen molar-refractivity contribution in [1.82, 2.24) is 10.9 Å². The van der Waals surface area contributed by atoms with Gasteiger partial charge in [0.15, 0.2) is 0 Å². The van der Waals surface area contributed by atoms with E-state index in [-0.39, 0.29) is 5.91 Å². The molecule has 0 saturated carbocycles. The summed E-state index contributed by atoms with van der Waals surface area (Å²) in [7, 11) is 0. The van der Waals surface area contributed by atoms with Gasteiger partial charge < -0.3 is 10.1 Å². The van der Waals surface area contributed by atoms with Crippen LogP contribution in [-0.2, 0) is 4.79 Å². The van der Waals surface area contributed by atoms with E-state index in [1.54, 1.807) is 49.4 Å². The summed E-state index contributed by atoms with van der Waals surface area (Å²) in [5.41, 5.74) is 6.06. The lowest BCUT2D eigenvalue weighted by Gasteiger charge is -2.12. The molecule has 0 radical (unpaired) electrons. The molecule has 0 spiro atoms. The van der Waals surface area contributed by atoms with Crippen molar-refractivity contribution >= 4 is 39.3 Å². The van der Waals surface area contributed by atoms with Crippen LogP contribution in [0.5, 0.6) is 5.75 Å². The predicted octanol–water partition coefficient (Wildman–Crippen LogP) is 3.91. The van der Waals surface area contributed by atoms with Gasteiger partial charge in [-0.3, -0.25) is 25.2 Å². The number of carbonyl (C=O) groups is 3. The fourth-order valence-electron chi connectivity index (χ4n) is 2.23. The van der Waals surface area contributed by atoms with Gasteiger partial charge in [-0.05, 0) is 64.3 Å². The lowest BCUT2D eigenvalue weighted by Crippen LogP contribution is -2.41. The number of halogens is 1. The SMILES string of the molecule is CCC(=O)Nc1ccc(C(=O)NNC(=O)c2ccc(OCC(C)C)c(Br)c2)cc1. The van der Waals surface area contributed by atoms with Crippen LogP contribution in [0.25, 0.3) is 0 Å². The first-order chi connectivity index (χ1) is 13.8. The van der Waals surface area contributed by atoms with E-state index >= 15 is 0 Å². The number of amides is 3. The van der Waals surface area contributed by atoms with Crippen LogP contribution in [0, 0.1) is 5.92 Å². The van der Waals surface area contributed by atoms with Gasteiger partial charge in [0.05, 0.1) is 11.1 Å². The molecule has 29 heavy (non-hydrogen) atoms. The fourth-order valence-corrected chi connectivity index (χ4v) is 2.72. The molecule has 7 nitrogen and oxygen atoms in total. The lowest BCUT2D eigenvalue weighted by molar-refractivity contribution is -0.115. The zero-order valence-corrected chi connectivity index (χ0v) is 18.1. The smallest absolute Gasteiger partial charge is 0.269 e. The van der Waals surface area contributed by atoms with E-state index in [0.717, 1.165) is 0 Å².